The van der Waals surface area contributed by atoms with E-state index in [4.69, 9.17) is 4.74 Å². The zero-order valence-corrected chi connectivity index (χ0v) is 14.6. The van der Waals surface area contributed by atoms with Gasteiger partial charge in [-0.05, 0) is 45.4 Å². The molecule has 6 nitrogen and oxygen atoms in total. The smallest absolute Gasteiger partial charge is 0.407 e. The minimum atomic E-state index is -3.39. The molecule has 8 heteroatoms. The van der Waals surface area contributed by atoms with Gasteiger partial charge in [0.2, 0.25) is 0 Å². The van der Waals surface area contributed by atoms with Crippen molar-refractivity contribution in [3.05, 3.63) is 24.0 Å². The minimum Gasteiger partial charge on any atom is -0.444 e. The summed E-state index contributed by atoms with van der Waals surface area (Å²) < 4.78 is 41.6. The lowest BCUT2D eigenvalue weighted by molar-refractivity contribution is 0.0527. The first-order valence-corrected chi connectivity index (χ1v) is 9.08. The number of amides is 1. The normalized spacial score (nSPS) is 11.9. The molecule has 0 radical (unpaired) electrons. The largest absolute Gasteiger partial charge is 0.444 e. The Morgan fingerprint density at radius 2 is 1.91 bits per heavy atom. The van der Waals surface area contributed by atoms with Crippen molar-refractivity contribution in [2.24, 2.45) is 0 Å². The lowest BCUT2D eigenvalue weighted by Gasteiger charge is -2.19. The monoisotopic (exact) mass is 346 g/mol. The van der Waals surface area contributed by atoms with Crippen LogP contribution in [-0.4, -0.2) is 39.5 Å². The van der Waals surface area contributed by atoms with E-state index in [0.717, 1.165) is 12.3 Å². The number of ether oxygens (including phenoxy) is 1. The molecule has 1 rings (SSSR count). The van der Waals surface area contributed by atoms with Crippen LogP contribution in [0.15, 0.2) is 23.1 Å². The van der Waals surface area contributed by atoms with Gasteiger partial charge >= 0.3 is 6.09 Å². The third kappa shape index (κ3) is 7.32. The molecule has 0 heterocycles. The van der Waals surface area contributed by atoms with Crippen molar-refractivity contribution in [3.8, 4) is 0 Å². The molecule has 130 valence electrons. The molecule has 1 aromatic carbocycles. The molecule has 1 aromatic rings. The van der Waals surface area contributed by atoms with Gasteiger partial charge in [0.1, 0.15) is 11.4 Å². The molecule has 23 heavy (non-hydrogen) atoms. The number of carbonyl (C=O) groups excluding carboxylic acids is 1. The third-order valence-electron chi connectivity index (χ3n) is 2.70. The van der Waals surface area contributed by atoms with Crippen molar-refractivity contribution in [2.75, 3.05) is 24.7 Å². The van der Waals surface area contributed by atoms with Crippen molar-refractivity contribution in [1.29, 1.82) is 0 Å². The van der Waals surface area contributed by atoms with Crippen LogP contribution in [0.4, 0.5) is 14.9 Å². The number of nitrogens with one attached hydrogen (secondary N) is 2. The summed E-state index contributed by atoms with van der Waals surface area (Å²) in [5.41, 5.74) is -0.442. The number of anilines is 1. The highest BCUT2D eigenvalue weighted by atomic mass is 32.2. The Bertz CT molecular complexity index is 654. The quantitative estimate of drug-likeness (QED) is 0.611. The summed E-state index contributed by atoms with van der Waals surface area (Å²) in [4.78, 5) is 11.5. The Hall–Kier alpha value is -1.83. The number of benzene rings is 1. The second kappa shape index (κ2) is 7.63. The van der Waals surface area contributed by atoms with Crippen LogP contribution >= 0.6 is 0 Å². The third-order valence-corrected chi connectivity index (χ3v) is 3.81. The van der Waals surface area contributed by atoms with E-state index >= 15 is 0 Å². The second-order valence-electron chi connectivity index (χ2n) is 6.12. The molecular weight excluding hydrogens is 323 g/mol. The first-order chi connectivity index (χ1) is 10.5. The van der Waals surface area contributed by atoms with Crippen LogP contribution < -0.4 is 10.6 Å². The van der Waals surface area contributed by atoms with E-state index in [-0.39, 0.29) is 10.6 Å². The average Bonchev–Trinajstić information content (AvgIpc) is 2.36. The fourth-order valence-corrected chi connectivity index (χ4v) is 2.33. The first kappa shape index (κ1) is 19.2. The molecule has 0 aliphatic carbocycles. The number of alkyl carbamates (subject to hydrolysis) is 1. The van der Waals surface area contributed by atoms with Gasteiger partial charge < -0.3 is 15.4 Å². The van der Waals surface area contributed by atoms with E-state index in [1.54, 1.807) is 20.8 Å². The van der Waals surface area contributed by atoms with Crippen molar-refractivity contribution < 1.29 is 22.3 Å². The molecule has 0 saturated carbocycles. The highest BCUT2D eigenvalue weighted by Gasteiger charge is 2.15. The Kier molecular flexibility index (Phi) is 6.37. The first-order valence-electron chi connectivity index (χ1n) is 7.19. The SMILES string of the molecule is CC(C)(C)OC(=O)NCCCNc1cc(S(C)(=O)=O)ccc1F. The maximum absolute atomic E-state index is 13.6. The molecular formula is C15H23FN2O4S. The molecule has 0 aliphatic rings. The van der Waals surface area contributed by atoms with Crippen molar-refractivity contribution in [3.63, 3.8) is 0 Å². The summed E-state index contributed by atoms with van der Waals surface area (Å²) in [5, 5.41) is 5.40. The number of hydrogen-bond acceptors (Lipinski definition) is 5. The summed E-state index contributed by atoms with van der Waals surface area (Å²) in [6.07, 6.45) is 1.08. The van der Waals surface area contributed by atoms with Crippen LogP contribution in [0.3, 0.4) is 0 Å². The van der Waals surface area contributed by atoms with Crippen molar-refractivity contribution in [1.82, 2.24) is 5.32 Å². The van der Waals surface area contributed by atoms with Gasteiger partial charge in [0.25, 0.3) is 0 Å². The Labute approximate surface area is 136 Å². The van der Waals surface area contributed by atoms with Crippen LogP contribution in [0.5, 0.6) is 0 Å². The van der Waals surface area contributed by atoms with Crippen LogP contribution in [0, 0.1) is 5.82 Å². The molecule has 2 N–H and O–H groups in total. The van der Waals surface area contributed by atoms with Gasteiger partial charge in [-0.3, -0.25) is 0 Å². The van der Waals surface area contributed by atoms with E-state index in [2.05, 4.69) is 10.6 Å². The molecule has 0 aromatic heterocycles. The maximum atomic E-state index is 13.6. The Morgan fingerprint density at radius 3 is 2.48 bits per heavy atom. The van der Waals surface area contributed by atoms with E-state index in [1.165, 1.54) is 12.1 Å². The predicted octanol–water partition coefficient (Wildman–Crippen LogP) is 2.56. The molecule has 1 amide bonds. The zero-order valence-electron chi connectivity index (χ0n) is 13.8. The van der Waals surface area contributed by atoms with Crippen LogP contribution in [0.1, 0.15) is 27.2 Å². The van der Waals surface area contributed by atoms with Crippen LogP contribution in [0.2, 0.25) is 0 Å². The van der Waals surface area contributed by atoms with E-state index in [1.807, 2.05) is 0 Å². The van der Waals surface area contributed by atoms with Gasteiger partial charge in [-0.15, -0.1) is 0 Å². The van der Waals surface area contributed by atoms with Gasteiger partial charge in [0, 0.05) is 19.3 Å². The van der Waals surface area contributed by atoms with Gasteiger partial charge in [0.05, 0.1) is 10.6 Å². The number of hydrogen-bond donors (Lipinski definition) is 2. The average molecular weight is 346 g/mol. The van der Waals surface area contributed by atoms with Gasteiger partial charge in [0.15, 0.2) is 9.84 Å². The van der Waals surface area contributed by atoms with Gasteiger partial charge in [-0.1, -0.05) is 0 Å². The number of rotatable bonds is 6. The summed E-state index contributed by atoms with van der Waals surface area (Å²) >= 11 is 0. The van der Waals surface area contributed by atoms with Crippen LogP contribution in [0.25, 0.3) is 0 Å². The van der Waals surface area contributed by atoms with E-state index in [0.29, 0.717) is 19.5 Å². The van der Waals surface area contributed by atoms with E-state index < -0.39 is 27.3 Å². The summed E-state index contributed by atoms with van der Waals surface area (Å²) in [6.45, 7) is 6.04. The summed E-state index contributed by atoms with van der Waals surface area (Å²) in [7, 11) is -3.39. The fourth-order valence-electron chi connectivity index (χ4n) is 1.69. The number of halogens is 1. The summed E-state index contributed by atoms with van der Waals surface area (Å²) in [6, 6.07) is 3.59. The lowest BCUT2D eigenvalue weighted by atomic mass is 10.2. The van der Waals surface area contributed by atoms with Crippen molar-refractivity contribution >= 4 is 21.6 Å². The molecule has 0 spiro atoms. The summed E-state index contributed by atoms with van der Waals surface area (Å²) in [5.74, 6) is -0.530. The zero-order chi connectivity index (χ0) is 17.7. The minimum absolute atomic E-state index is 0.0493. The Morgan fingerprint density at radius 1 is 1.26 bits per heavy atom. The van der Waals surface area contributed by atoms with Gasteiger partial charge in [-0.2, -0.15) is 0 Å². The molecule has 0 saturated heterocycles. The Balaban J connectivity index is 2.43. The number of sulfone groups is 1. The van der Waals surface area contributed by atoms with Crippen LogP contribution in [-0.2, 0) is 14.6 Å². The van der Waals surface area contributed by atoms with Crippen molar-refractivity contribution in [2.45, 2.75) is 37.7 Å². The number of carbonyl (C=O) groups is 1. The molecule has 0 aliphatic heterocycles. The second-order valence-corrected chi connectivity index (χ2v) is 8.14. The lowest BCUT2D eigenvalue weighted by Crippen LogP contribution is -2.33. The molecule has 0 fully saturated rings. The standard InChI is InChI=1S/C15H23FN2O4S/c1-15(2,3)22-14(19)18-9-5-8-17-13-10-11(23(4,20)21)6-7-12(13)16/h6-7,10,17H,5,8-9H2,1-4H3,(H,18,19). The highest BCUT2D eigenvalue weighted by Crippen LogP contribution is 2.19. The fraction of sp³-hybridized carbons (Fsp3) is 0.533. The maximum Gasteiger partial charge on any atom is 0.407 e. The van der Waals surface area contributed by atoms with E-state index in [9.17, 15) is 17.6 Å². The highest BCUT2D eigenvalue weighted by molar-refractivity contribution is 7.90. The predicted molar refractivity (Wildman–Crippen MR) is 86.9 cm³/mol. The molecule has 0 bridgehead atoms. The topological polar surface area (TPSA) is 84.5 Å². The van der Waals surface area contributed by atoms with Gasteiger partial charge in [-0.25, -0.2) is 17.6 Å². The molecule has 0 unspecified atom stereocenters. The molecule has 0 atom stereocenters.